The summed E-state index contributed by atoms with van der Waals surface area (Å²) in [6, 6.07) is 5.51. The molecule has 0 radical (unpaired) electrons. The Hall–Kier alpha value is -1.88. The van der Waals surface area contributed by atoms with Crippen LogP contribution < -0.4 is 14.8 Å². The monoisotopic (exact) mass is 397 g/mol. The van der Waals surface area contributed by atoms with Gasteiger partial charge in [-0.2, -0.15) is 17.0 Å². The molecule has 3 heterocycles. The number of amides is 1. The molecule has 9 nitrogen and oxygen atoms in total. The van der Waals surface area contributed by atoms with Crippen molar-refractivity contribution in [1.82, 2.24) is 13.9 Å². The second kappa shape index (κ2) is 6.62. The fraction of sp³-hybridized carbons (Fsp3) is 0.588. The van der Waals surface area contributed by atoms with Gasteiger partial charge in [-0.15, -0.1) is 0 Å². The zero-order valence-corrected chi connectivity index (χ0v) is 16.1. The van der Waals surface area contributed by atoms with Crippen LogP contribution in [-0.4, -0.2) is 70.1 Å². The smallest absolute Gasteiger partial charge is 0.281 e. The standard InChI is InChI=1S/C17H23N3O6S/c1-19(2)27(22,23)20-7-13-8-24-10-17(13,9-20)16(21)18-6-12-3-4-14-15(5-12)26-11-25-14/h3-5,13H,6-11H2,1-2H3,(H,18,21)/t13-,17-/m0/s1. The normalized spacial score (nSPS) is 27.1. The molecule has 0 aromatic heterocycles. The first-order chi connectivity index (χ1) is 12.8. The lowest BCUT2D eigenvalue weighted by molar-refractivity contribution is -0.131. The Kier molecular flexibility index (Phi) is 4.53. The SMILES string of the molecule is CN(C)S(=O)(=O)N1C[C@H]2COC[C@@]2(C(=O)NCc2ccc3c(c2)OCO3)C1. The number of nitrogens with one attached hydrogen (secondary N) is 1. The number of fused-ring (bicyclic) bond motifs is 2. The molecule has 0 bridgehead atoms. The molecule has 3 aliphatic rings. The topological polar surface area (TPSA) is 97.4 Å². The average Bonchev–Trinajstić information content (AvgIpc) is 3.32. The number of carbonyl (C=O) groups is 1. The lowest BCUT2D eigenvalue weighted by Crippen LogP contribution is -2.47. The molecule has 2 fully saturated rings. The third kappa shape index (κ3) is 3.06. The molecule has 1 aromatic carbocycles. The van der Waals surface area contributed by atoms with Gasteiger partial charge in [0.2, 0.25) is 12.7 Å². The van der Waals surface area contributed by atoms with Crippen LogP contribution in [0.1, 0.15) is 5.56 Å². The maximum atomic E-state index is 13.0. The van der Waals surface area contributed by atoms with E-state index < -0.39 is 15.6 Å². The highest BCUT2D eigenvalue weighted by molar-refractivity contribution is 7.86. The van der Waals surface area contributed by atoms with Crippen LogP contribution in [0.5, 0.6) is 11.5 Å². The molecule has 27 heavy (non-hydrogen) atoms. The maximum Gasteiger partial charge on any atom is 0.281 e. The molecule has 1 amide bonds. The van der Waals surface area contributed by atoms with Crippen molar-refractivity contribution in [2.45, 2.75) is 6.54 Å². The Morgan fingerprint density at radius 3 is 2.89 bits per heavy atom. The predicted octanol–water partition coefficient (Wildman–Crippen LogP) is -0.214. The first kappa shape index (κ1) is 18.5. The van der Waals surface area contributed by atoms with E-state index in [4.69, 9.17) is 14.2 Å². The summed E-state index contributed by atoms with van der Waals surface area (Å²) >= 11 is 0. The van der Waals surface area contributed by atoms with Gasteiger partial charge in [0.25, 0.3) is 10.2 Å². The van der Waals surface area contributed by atoms with Gasteiger partial charge >= 0.3 is 0 Å². The van der Waals surface area contributed by atoms with E-state index in [1.807, 2.05) is 18.2 Å². The van der Waals surface area contributed by atoms with Gasteiger partial charge < -0.3 is 19.5 Å². The highest BCUT2D eigenvalue weighted by atomic mass is 32.2. The molecule has 148 valence electrons. The van der Waals surface area contributed by atoms with Crippen molar-refractivity contribution in [3.05, 3.63) is 23.8 Å². The van der Waals surface area contributed by atoms with E-state index in [-0.39, 0.29) is 38.3 Å². The Bertz CT molecular complexity index is 858. The Labute approximate surface area is 158 Å². The van der Waals surface area contributed by atoms with Crippen LogP contribution in [0.15, 0.2) is 18.2 Å². The Balaban J connectivity index is 1.47. The van der Waals surface area contributed by atoms with Crippen LogP contribution in [0.25, 0.3) is 0 Å². The first-order valence-corrected chi connectivity index (χ1v) is 10.1. The van der Waals surface area contributed by atoms with E-state index in [2.05, 4.69) is 5.32 Å². The van der Waals surface area contributed by atoms with Gasteiger partial charge in [-0.3, -0.25) is 4.79 Å². The van der Waals surface area contributed by atoms with E-state index >= 15 is 0 Å². The average molecular weight is 397 g/mol. The molecule has 2 atom stereocenters. The summed E-state index contributed by atoms with van der Waals surface area (Å²) in [5, 5.41) is 2.95. The molecule has 1 N–H and O–H groups in total. The zero-order chi connectivity index (χ0) is 19.2. The molecule has 4 rings (SSSR count). The lowest BCUT2D eigenvalue weighted by atomic mass is 9.80. The summed E-state index contributed by atoms with van der Waals surface area (Å²) < 4.78 is 43.7. The molecule has 1 aromatic rings. The molecule has 10 heteroatoms. The minimum Gasteiger partial charge on any atom is -0.454 e. The molecule has 2 saturated heterocycles. The van der Waals surface area contributed by atoms with Gasteiger partial charge in [-0.1, -0.05) is 6.07 Å². The molecular weight excluding hydrogens is 374 g/mol. The van der Waals surface area contributed by atoms with Crippen LogP contribution in [-0.2, 0) is 26.3 Å². The third-order valence-corrected chi connectivity index (χ3v) is 7.33. The number of ether oxygens (including phenoxy) is 3. The predicted molar refractivity (Wildman–Crippen MR) is 95.3 cm³/mol. The number of benzene rings is 1. The summed E-state index contributed by atoms with van der Waals surface area (Å²) in [4.78, 5) is 13.0. The van der Waals surface area contributed by atoms with Gasteiger partial charge in [0, 0.05) is 39.6 Å². The van der Waals surface area contributed by atoms with Crippen molar-refractivity contribution in [2.75, 3.05) is 47.2 Å². The van der Waals surface area contributed by atoms with E-state index in [1.165, 1.54) is 22.7 Å². The summed E-state index contributed by atoms with van der Waals surface area (Å²) in [6.45, 7) is 1.55. The number of hydrogen-bond acceptors (Lipinski definition) is 6. The molecule has 0 unspecified atom stereocenters. The number of carbonyl (C=O) groups excluding carboxylic acids is 1. The molecule has 0 spiro atoms. The highest BCUT2D eigenvalue weighted by Crippen LogP contribution is 2.43. The summed E-state index contributed by atoms with van der Waals surface area (Å²) in [7, 11) is -0.579. The second-order valence-corrected chi connectivity index (χ2v) is 9.46. The van der Waals surface area contributed by atoms with Crippen LogP contribution in [0.2, 0.25) is 0 Å². The Morgan fingerprint density at radius 2 is 2.11 bits per heavy atom. The lowest BCUT2D eigenvalue weighted by Gasteiger charge is -2.26. The van der Waals surface area contributed by atoms with Crippen LogP contribution in [0.3, 0.4) is 0 Å². The van der Waals surface area contributed by atoms with Gasteiger partial charge in [0.05, 0.1) is 18.6 Å². The molecule has 0 saturated carbocycles. The minimum absolute atomic E-state index is 0.130. The van der Waals surface area contributed by atoms with Crippen molar-refractivity contribution in [2.24, 2.45) is 11.3 Å². The minimum atomic E-state index is -3.56. The van der Waals surface area contributed by atoms with Gasteiger partial charge in [0.15, 0.2) is 11.5 Å². The van der Waals surface area contributed by atoms with Crippen molar-refractivity contribution in [3.8, 4) is 11.5 Å². The molecule has 3 aliphatic heterocycles. The molecule has 0 aliphatic carbocycles. The third-order valence-electron chi connectivity index (χ3n) is 5.47. The summed E-state index contributed by atoms with van der Waals surface area (Å²) in [5.41, 5.74) is 0.0367. The fourth-order valence-electron chi connectivity index (χ4n) is 3.83. The van der Waals surface area contributed by atoms with E-state index in [0.29, 0.717) is 24.7 Å². The van der Waals surface area contributed by atoms with Gasteiger partial charge in [-0.05, 0) is 17.7 Å². The quantitative estimate of drug-likeness (QED) is 0.738. The van der Waals surface area contributed by atoms with Crippen molar-refractivity contribution >= 4 is 16.1 Å². The Morgan fingerprint density at radius 1 is 1.33 bits per heavy atom. The van der Waals surface area contributed by atoms with Gasteiger partial charge in [0.1, 0.15) is 0 Å². The van der Waals surface area contributed by atoms with Crippen molar-refractivity contribution in [3.63, 3.8) is 0 Å². The number of hydrogen-bond donors (Lipinski definition) is 1. The first-order valence-electron chi connectivity index (χ1n) is 8.75. The van der Waals surface area contributed by atoms with Crippen molar-refractivity contribution < 1.29 is 27.4 Å². The summed E-state index contributed by atoms with van der Waals surface area (Å²) in [5.74, 6) is 1.02. The van der Waals surface area contributed by atoms with Crippen molar-refractivity contribution in [1.29, 1.82) is 0 Å². The zero-order valence-electron chi connectivity index (χ0n) is 15.3. The number of nitrogens with zero attached hydrogens (tertiary/aromatic N) is 2. The van der Waals surface area contributed by atoms with Gasteiger partial charge in [-0.25, -0.2) is 0 Å². The van der Waals surface area contributed by atoms with E-state index in [1.54, 1.807) is 0 Å². The van der Waals surface area contributed by atoms with E-state index in [0.717, 1.165) is 5.56 Å². The summed E-state index contributed by atoms with van der Waals surface area (Å²) in [6.07, 6.45) is 0. The molecular formula is C17H23N3O6S. The van der Waals surface area contributed by atoms with E-state index in [9.17, 15) is 13.2 Å². The second-order valence-electron chi connectivity index (χ2n) is 7.32. The number of rotatable bonds is 5. The van der Waals surface area contributed by atoms with Crippen LogP contribution in [0.4, 0.5) is 0 Å². The van der Waals surface area contributed by atoms with Crippen LogP contribution >= 0.6 is 0 Å². The fourth-order valence-corrected chi connectivity index (χ4v) is 5.05. The largest absolute Gasteiger partial charge is 0.454 e. The highest BCUT2D eigenvalue weighted by Gasteiger charge is 2.58. The maximum absolute atomic E-state index is 13.0. The van der Waals surface area contributed by atoms with Crippen LogP contribution in [0, 0.1) is 11.3 Å².